The molecule has 0 aliphatic carbocycles. The van der Waals surface area contributed by atoms with Gasteiger partial charge in [0.2, 0.25) is 0 Å². The quantitative estimate of drug-likeness (QED) is 0.472. The van der Waals surface area contributed by atoms with Crippen LogP contribution < -0.4 is 13.3 Å². The molecule has 0 fully saturated rings. The van der Waals surface area contributed by atoms with Crippen LogP contribution in [0.2, 0.25) is 0 Å². The summed E-state index contributed by atoms with van der Waals surface area (Å²) in [5, 5.41) is 0. The van der Waals surface area contributed by atoms with E-state index in [1.54, 1.807) is 0 Å². The van der Waals surface area contributed by atoms with Gasteiger partial charge in [-0.2, -0.15) is 0 Å². The third kappa shape index (κ3) is 6.11. The topological polar surface area (TPSA) is 40.5 Å². The average molecular weight is 415 g/mol. The Morgan fingerprint density at radius 2 is 1.80 bits per heavy atom. The minimum atomic E-state index is -2.19. The maximum absolute atomic E-state index is 8.11. The van der Waals surface area contributed by atoms with Crippen LogP contribution in [0.1, 0.15) is 0 Å². The molecular formula is H2I3O2-. The average Bonchev–Trinajstić information content (AvgIpc) is 1.38. The van der Waals surface area contributed by atoms with Crippen LogP contribution in [-0.4, -0.2) is 6.87 Å². The number of hydrogen-bond donors (Lipinski definition) is 2. The van der Waals surface area contributed by atoms with Gasteiger partial charge in [-0.15, -0.1) is 0 Å². The first kappa shape index (κ1) is 7.11. The van der Waals surface area contributed by atoms with E-state index in [1.165, 1.54) is 0 Å². The summed E-state index contributed by atoms with van der Waals surface area (Å²) >= 11 is -0.343. The summed E-state index contributed by atoms with van der Waals surface area (Å²) in [5.74, 6) is 0. The molecule has 0 aliphatic heterocycles. The van der Waals surface area contributed by atoms with Crippen LogP contribution in [0.15, 0.2) is 0 Å². The van der Waals surface area contributed by atoms with Gasteiger partial charge in [-0.3, -0.25) is 0 Å². The van der Waals surface area contributed by atoms with Crippen LogP contribution in [0.5, 0.6) is 0 Å². The fourth-order valence-corrected chi connectivity index (χ4v) is 0. The van der Waals surface area contributed by atoms with E-state index in [0.717, 1.165) is 0 Å². The molecule has 0 atom stereocenters. The molecule has 0 spiro atoms. The van der Waals surface area contributed by atoms with Gasteiger partial charge in [0.1, 0.15) is 0 Å². The van der Waals surface area contributed by atoms with Crippen molar-refractivity contribution in [1.29, 1.82) is 0 Å². The van der Waals surface area contributed by atoms with Gasteiger partial charge in [-0.05, 0) is 0 Å². The van der Waals surface area contributed by atoms with Gasteiger partial charge in [-0.25, -0.2) is 0 Å². The molecule has 0 aromatic rings. The van der Waals surface area contributed by atoms with E-state index in [4.69, 9.17) is 6.87 Å². The van der Waals surface area contributed by atoms with E-state index in [2.05, 4.69) is 18.6 Å². The second-order valence-electron chi connectivity index (χ2n) is 0.257. The molecule has 2 N–H and O–H groups in total. The van der Waals surface area contributed by atoms with Crippen molar-refractivity contribution in [2.45, 2.75) is 0 Å². The third-order valence-corrected chi connectivity index (χ3v) is 14.6. The van der Waals surface area contributed by atoms with E-state index in [1.807, 2.05) is 0 Å². The van der Waals surface area contributed by atoms with Crippen molar-refractivity contribution in [3.8, 4) is 0 Å². The fourth-order valence-electron chi connectivity index (χ4n) is 0. The summed E-state index contributed by atoms with van der Waals surface area (Å²) in [7, 11) is 0. The van der Waals surface area contributed by atoms with Crippen LogP contribution in [0.3, 0.4) is 0 Å². The van der Waals surface area contributed by atoms with Crippen molar-refractivity contribution in [2.24, 2.45) is 0 Å². The SMILES string of the molecule is OI(O)[I-]I. The molecule has 5 heavy (non-hydrogen) atoms. The maximum atomic E-state index is 8.11. The minimum absolute atomic E-state index is 0.214. The van der Waals surface area contributed by atoms with Crippen molar-refractivity contribution in [1.82, 2.24) is 0 Å². The summed E-state index contributed by atoms with van der Waals surface area (Å²) in [6.45, 7) is 0. The van der Waals surface area contributed by atoms with Crippen LogP contribution in [-0.2, 0) is 0 Å². The number of hydrogen-bond acceptors (Lipinski definition) is 2. The van der Waals surface area contributed by atoms with Crippen LogP contribution in [0, 0.1) is 0 Å². The van der Waals surface area contributed by atoms with Gasteiger partial charge in [0.25, 0.3) is 0 Å². The van der Waals surface area contributed by atoms with Gasteiger partial charge in [0, 0.05) is 0 Å². The zero-order valence-electron chi connectivity index (χ0n) is 2.03. The Hall–Kier alpha value is 2.11. The number of rotatable bonds is 1. The molecule has 5 heteroatoms. The molecule has 0 rings (SSSR count). The molecule has 0 aromatic heterocycles. The number of halogens is 3. The second kappa shape index (κ2) is 4.27. The van der Waals surface area contributed by atoms with Gasteiger partial charge in [0.05, 0.1) is 0 Å². The zero-order valence-corrected chi connectivity index (χ0v) is 8.50. The Kier molecular flexibility index (Phi) is 6.08. The Morgan fingerprint density at radius 1 is 1.60 bits per heavy atom. The predicted octanol–water partition coefficient (Wildman–Crippen LogP) is -2.34. The Bertz CT molecular complexity index is 18.9. The van der Waals surface area contributed by atoms with E-state index < -0.39 is 16.7 Å². The first-order valence-electron chi connectivity index (χ1n) is 0.624. The summed E-state index contributed by atoms with van der Waals surface area (Å²) in [4.78, 5) is 0. The van der Waals surface area contributed by atoms with Crippen LogP contribution in [0.4, 0.5) is 0 Å². The van der Waals surface area contributed by atoms with Crippen molar-refractivity contribution < 1.29 is 20.1 Å². The molecule has 0 unspecified atom stereocenters. The van der Waals surface area contributed by atoms with Crippen molar-refractivity contribution in [3.63, 3.8) is 0 Å². The molecule has 36 valence electrons. The first-order valence-corrected chi connectivity index (χ1v) is 15.1. The van der Waals surface area contributed by atoms with E-state index in [-0.39, 0.29) is 13.3 Å². The van der Waals surface area contributed by atoms with Gasteiger partial charge in [0.15, 0.2) is 0 Å². The molecule has 0 saturated heterocycles. The Morgan fingerprint density at radius 3 is 1.80 bits per heavy atom. The Balaban J connectivity index is 2.54. The molecule has 0 radical (unpaired) electrons. The standard InChI is InChI=1S/H2I3O2/c1-2-3(4)5/h4-5H/q-1. The normalized spacial score (nSPS) is 12.2. The van der Waals surface area contributed by atoms with Crippen molar-refractivity contribution >= 4 is 35.3 Å². The second-order valence-corrected chi connectivity index (χ2v) is 22.6. The third-order valence-electron chi connectivity index (χ3n) is 0.0483. The molecule has 0 saturated carbocycles. The van der Waals surface area contributed by atoms with Gasteiger partial charge >= 0.3 is 55.4 Å². The molecule has 0 bridgehead atoms. The predicted molar refractivity (Wildman–Crippen MR) is 32.5 cm³/mol. The monoisotopic (exact) mass is 415 g/mol. The summed E-state index contributed by atoms with van der Waals surface area (Å²) < 4.78 is 16.2. The van der Waals surface area contributed by atoms with Crippen LogP contribution >= 0.6 is 35.3 Å². The van der Waals surface area contributed by atoms with Gasteiger partial charge < -0.3 is 0 Å². The van der Waals surface area contributed by atoms with Gasteiger partial charge in [-0.1, -0.05) is 0 Å². The molecule has 2 nitrogen and oxygen atoms in total. The molecule has 0 aromatic carbocycles. The molecule has 0 amide bonds. The molecular weight excluding hydrogens is 413 g/mol. The Labute approximate surface area is 54.3 Å². The first-order chi connectivity index (χ1) is 2.27. The summed E-state index contributed by atoms with van der Waals surface area (Å²) in [6, 6.07) is 0. The van der Waals surface area contributed by atoms with E-state index in [0.29, 0.717) is 0 Å². The van der Waals surface area contributed by atoms with Crippen molar-refractivity contribution in [2.75, 3.05) is 0 Å². The van der Waals surface area contributed by atoms with Crippen LogP contribution in [0.25, 0.3) is 0 Å². The van der Waals surface area contributed by atoms with E-state index >= 15 is 0 Å². The molecule has 0 aliphatic rings. The summed E-state index contributed by atoms with van der Waals surface area (Å²) in [6.07, 6.45) is 0. The molecule has 0 heterocycles. The zero-order chi connectivity index (χ0) is 4.28. The van der Waals surface area contributed by atoms with E-state index in [9.17, 15) is 0 Å². The fraction of sp³-hybridized carbons (Fsp3) is 0. The summed E-state index contributed by atoms with van der Waals surface area (Å²) in [5.41, 5.74) is 0. The van der Waals surface area contributed by atoms with Crippen molar-refractivity contribution in [3.05, 3.63) is 0 Å².